The van der Waals surface area contributed by atoms with Gasteiger partial charge in [0.15, 0.2) is 0 Å². The van der Waals surface area contributed by atoms with E-state index in [1.165, 1.54) is 25.7 Å². The van der Waals surface area contributed by atoms with E-state index in [1.807, 2.05) is 26.8 Å². The molecular weight excluding hydrogens is 314 g/mol. The van der Waals surface area contributed by atoms with Gasteiger partial charge in [-0.15, -0.1) is 0 Å². The standard InChI is InChI=1S/C20H33N3O2/c1-19(2,3)15-9-7-8-10-16(15)22-14-11-12-17(21-13-14)23-18(24)25-20(4,5)6/h11-13,15-16,22H,7-10H2,1-6H3,(H,21,23,24). The summed E-state index contributed by atoms with van der Waals surface area (Å²) in [5.41, 5.74) is 0.772. The highest BCUT2D eigenvalue weighted by atomic mass is 16.6. The normalized spacial score (nSPS) is 21.5. The van der Waals surface area contributed by atoms with Crippen molar-refractivity contribution in [3.63, 3.8) is 0 Å². The smallest absolute Gasteiger partial charge is 0.413 e. The third kappa shape index (κ3) is 6.22. The highest BCUT2D eigenvalue weighted by Crippen LogP contribution is 2.39. The SMILES string of the molecule is CC(C)(C)OC(=O)Nc1ccc(NC2CCCCC2C(C)(C)C)cn1. The van der Waals surface area contributed by atoms with Crippen LogP contribution < -0.4 is 10.6 Å². The lowest BCUT2D eigenvalue weighted by molar-refractivity contribution is 0.0635. The quantitative estimate of drug-likeness (QED) is 0.763. The molecule has 2 atom stereocenters. The van der Waals surface area contributed by atoms with Crippen molar-refractivity contribution in [1.82, 2.24) is 4.98 Å². The van der Waals surface area contributed by atoms with Crippen LogP contribution in [0.1, 0.15) is 67.2 Å². The zero-order valence-electron chi connectivity index (χ0n) is 16.5. The first kappa shape index (κ1) is 19.5. The number of hydrogen-bond donors (Lipinski definition) is 2. The number of nitrogens with zero attached hydrogens (tertiary/aromatic N) is 1. The first-order valence-electron chi connectivity index (χ1n) is 9.27. The molecule has 0 spiro atoms. The second kappa shape index (κ2) is 7.63. The Morgan fingerprint density at radius 3 is 2.36 bits per heavy atom. The molecule has 2 rings (SSSR count). The zero-order chi connectivity index (χ0) is 18.7. The lowest BCUT2D eigenvalue weighted by Crippen LogP contribution is -2.39. The molecule has 2 unspecified atom stereocenters. The van der Waals surface area contributed by atoms with Crippen LogP contribution in [0.15, 0.2) is 18.3 Å². The number of carbonyl (C=O) groups is 1. The number of rotatable bonds is 3. The number of pyridine rings is 1. The number of ether oxygens (including phenoxy) is 1. The molecule has 1 aromatic heterocycles. The number of anilines is 2. The first-order chi connectivity index (χ1) is 11.5. The average molecular weight is 348 g/mol. The monoisotopic (exact) mass is 347 g/mol. The van der Waals surface area contributed by atoms with Crippen molar-refractivity contribution in [2.75, 3.05) is 10.6 Å². The molecule has 0 radical (unpaired) electrons. The van der Waals surface area contributed by atoms with Gasteiger partial charge in [0.25, 0.3) is 0 Å². The molecule has 0 saturated heterocycles. The summed E-state index contributed by atoms with van der Waals surface area (Å²) < 4.78 is 5.24. The second-order valence-electron chi connectivity index (χ2n) is 9.07. The summed E-state index contributed by atoms with van der Waals surface area (Å²) in [5.74, 6) is 1.15. The van der Waals surface area contributed by atoms with Crippen molar-refractivity contribution in [3.8, 4) is 0 Å². The Morgan fingerprint density at radius 1 is 1.12 bits per heavy atom. The van der Waals surface area contributed by atoms with Gasteiger partial charge in [0, 0.05) is 6.04 Å². The molecule has 2 N–H and O–H groups in total. The summed E-state index contributed by atoms with van der Waals surface area (Å²) in [7, 11) is 0. The summed E-state index contributed by atoms with van der Waals surface area (Å²) in [6.07, 6.45) is 6.35. The highest BCUT2D eigenvalue weighted by Gasteiger charge is 2.34. The predicted molar refractivity (Wildman–Crippen MR) is 103 cm³/mol. The lowest BCUT2D eigenvalue weighted by Gasteiger charge is -2.41. The van der Waals surface area contributed by atoms with Gasteiger partial charge in [0.2, 0.25) is 0 Å². The third-order valence-electron chi connectivity index (χ3n) is 4.62. The van der Waals surface area contributed by atoms with Crippen molar-refractivity contribution in [2.24, 2.45) is 11.3 Å². The lowest BCUT2D eigenvalue weighted by atomic mass is 9.69. The van der Waals surface area contributed by atoms with Crippen molar-refractivity contribution >= 4 is 17.6 Å². The maximum Gasteiger partial charge on any atom is 0.413 e. The molecule has 0 aromatic carbocycles. The van der Waals surface area contributed by atoms with Gasteiger partial charge in [-0.05, 0) is 57.1 Å². The Labute approximate surface area is 151 Å². The van der Waals surface area contributed by atoms with E-state index in [0.29, 0.717) is 23.2 Å². The van der Waals surface area contributed by atoms with Crippen LogP contribution in [0.5, 0.6) is 0 Å². The second-order valence-corrected chi connectivity index (χ2v) is 9.07. The van der Waals surface area contributed by atoms with Crippen molar-refractivity contribution < 1.29 is 9.53 Å². The third-order valence-corrected chi connectivity index (χ3v) is 4.62. The Morgan fingerprint density at radius 2 is 1.80 bits per heavy atom. The predicted octanol–water partition coefficient (Wildman–Crippen LogP) is 5.45. The summed E-state index contributed by atoms with van der Waals surface area (Å²) in [4.78, 5) is 16.1. The van der Waals surface area contributed by atoms with E-state index in [1.54, 1.807) is 12.3 Å². The maximum atomic E-state index is 11.8. The molecule has 25 heavy (non-hydrogen) atoms. The summed E-state index contributed by atoms with van der Waals surface area (Å²) in [6.45, 7) is 12.5. The van der Waals surface area contributed by atoms with Gasteiger partial charge in [0.05, 0.1) is 11.9 Å². The van der Waals surface area contributed by atoms with Gasteiger partial charge in [-0.3, -0.25) is 5.32 Å². The van der Waals surface area contributed by atoms with Crippen LogP contribution in [-0.2, 0) is 4.74 Å². The molecule has 0 bridgehead atoms. The molecule has 1 aliphatic carbocycles. The average Bonchev–Trinajstić information content (AvgIpc) is 2.47. The van der Waals surface area contributed by atoms with E-state index in [0.717, 1.165) is 5.69 Å². The van der Waals surface area contributed by atoms with Gasteiger partial charge < -0.3 is 10.1 Å². The van der Waals surface area contributed by atoms with Gasteiger partial charge in [-0.2, -0.15) is 0 Å². The molecule has 1 saturated carbocycles. The van der Waals surface area contributed by atoms with Crippen molar-refractivity contribution in [2.45, 2.75) is 78.9 Å². The topological polar surface area (TPSA) is 63.2 Å². The van der Waals surface area contributed by atoms with E-state index >= 15 is 0 Å². The van der Waals surface area contributed by atoms with E-state index in [2.05, 4.69) is 36.4 Å². The zero-order valence-corrected chi connectivity index (χ0v) is 16.5. The minimum Gasteiger partial charge on any atom is -0.444 e. The largest absolute Gasteiger partial charge is 0.444 e. The van der Waals surface area contributed by atoms with Gasteiger partial charge in [-0.1, -0.05) is 33.6 Å². The van der Waals surface area contributed by atoms with Crippen LogP contribution in [-0.4, -0.2) is 22.7 Å². The highest BCUT2D eigenvalue weighted by molar-refractivity contribution is 5.83. The fourth-order valence-corrected chi connectivity index (χ4v) is 3.52. The van der Waals surface area contributed by atoms with Gasteiger partial charge in [0.1, 0.15) is 11.4 Å². The number of carbonyl (C=O) groups excluding carboxylic acids is 1. The summed E-state index contributed by atoms with van der Waals surface area (Å²) in [5, 5.41) is 6.31. The van der Waals surface area contributed by atoms with E-state index < -0.39 is 11.7 Å². The Balaban J connectivity index is 1.96. The molecular formula is C20H33N3O2. The van der Waals surface area contributed by atoms with Gasteiger partial charge in [-0.25, -0.2) is 9.78 Å². The number of aromatic nitrogens is 1. The molecule has 0 aliphatic heterocycles. The first-order valence-corrected chi connectivity index (χ1v) is 9.27. The van der Waals surface area contributed by atoms with E-state index in [4.69, 9.17) is 4.74 Å². The molecule has 1 amide bonds. The van der Waals surface area contributed by atoms with Crippen LogP contribution in [0.2, 0.25) is 0 Å². The Hall–Kier alpha value is -1.78. The van der Waals surface area contributed by atoms with Crippen LogP contribution in [0.25, 0.3) is 0 Å². The molecule has 1 aromatic rings. The minimum atomic E-state index is -0.519. The summed E-state index contributed by atoms with van der Waals surface area (Å²) in [6, 6.07) is 4.25. The number of amides is 1. The molecule has 140 valence electrons. The molecule has 1 aliphatic rings. The fraction of sp³-hybridized carbons (Fsp3) is 0.700. The number of hydrogen-bond acceptors (Lipinski definition) is 4. The maximum absolute atomic E-state index is 11.8. The number of nitrogens with one attached hydrogen (secondary N) is 2. The van der Waals surface area contributed by atoms with Crippen LogP contribution in [0, 0.1) is 11.3 Å². The van der Waals surface area contributed by atoms with Crippen molar-refractivity contribution in [1.29, 1.82) is 0 Å². The Bertz CT molecular complexity index is 570. The van der Waals surface area contributed by atoms with Gasteiger partial charge >= 0.3 is 6.09 Å². The molecule has 5 heteroatoms. The van der Waals surface area contributed by atoms with Crippen LogP contribution in [0.3, 0.4) is 0 Å². The molecule has 1 fully saturated rings. The van der Waals surface area contributed by atoms with Crippen LogP contribution >= 0.6 is 0 Å². The summed E-state index contributed by atoms with van der Waals surface area (Å²) >= 11 is 0. The minimum absolute atomic E-state index is 0.295. The van der Waals surface area contributed by atoms with E-state index in [-0.39, 0.29) is 0 Å². The van der Waals surface area contributed by atoms with Crippen molar-refractivity contribution in [3.05, 3.63) is 18.3 Å². The Kier molecular flexibility index (Phi) is 5.96. The fourth-order valence-electron chi connectivity index (χ4n) is 3.52. The van der Waals surface area contributed by atoms with Crippen LogP contribution in [0.4, 0.5) is 16.3 Å². The molecule has 5 nitrogen and oxygen atoms in total. The molecule has 1 heterocycles. The van der Waals surface area contributed by atoms with E-state index in [9.17, 15) is 4.79 Å².